The molecule has 4 N–H and O–H groups in total. The van der Waals surface area contributed by atoms with E-state index in [-0.39, 0.29) is 5.06 Å². The molecule has 0 radical (unpaired) electrons. The van der Waals surface area contributed by atoms with Crippen molar-refractivity contribution in [2.75, 3.05) is 5.73 Å². The minimum atomic E-state index is -0.909. The summed E-state index contributed by atoms with van der Waals surface area (Å²) in [6.45, 7) is 0. The van der Waals surface area contributed by atoms with E-state index in [4.69, 9.17) is 21.2 Å². The van der Waals surface area contributed by atoms with Gasteiger partial charge in [0.05, 0.1) is 11.1 Å². The minimum absolute atomic E-state index is 0.236. The van der Waals surface area contributed by atoms with E-state index in [0.29, 0.717) is 33.2 Å². The highest BCUT2D eigenvalue weighted by molar-refractivity contribution is 7.21. The molecule has 1 aliphatic rings. The first kappa shape index (κ1) is 15.1. The van der Waals surface area contributed by atoms with E-state index in [9.17, 15) is 4.79 Å². The van der Waals surface area contributed by atoms with Crippen molar-refractivity contribution in [1.29, 1.82) is 0 Å². The molecule has 0 aliphatic heterocycles. The second-order valence-electron chi connectivity index (χ2n) is 6.20. The van der Waals surface area contributed by atoms with E-state index >= 15 is 0 Å². The Kier molecular flexibility index (Phi) is 3.13. The van der Waals surface area contributed by atoms with Gasteiger partial charge in [0.2, 0.25) is 5.06 Å². The second kappa shape index (κ2) is 5.40. The van der Waals surface area contributed by atoms with Gasteiger partial charge in [-0.05, 0) is 25.0 Å². The highest BCUT2D eigenvalue weighted by Crippen LogP contribution is 2.46. The Balaban J connectivity index is 1.78. The van der Waals surface area contributed by atoms with E-state index in [1.807, 2.05) is 35.0 Å². The van der Waals surface area contributed by atoms with Gasteiger partial charge in [0.25, 0.3) is 0 Å². The van der Waals surface area contributed by atoms with Crippen molar-refractivity contribution >= 4 is 39.0 Å². The van der Waals surface area contributed by atoms with E-state index in [0.717, 1.165) is 24.3 Å². The van der Waals surface area contributed by atoms with Gasteiger partial charge >= 0.3 is 6.09 Å². The normalized spacial score (nSPS) is 14.2. The smallest absolute Gasteiger partial charge is 0.397 e. The molecule has 0 atom stereocenters. The predicted molar refractivity (Wildman–Crippen MR) is 98.2 cm³/mol. The van der Waals surface area contributed by atoms with Gasteiger partial charge in [0.15, 0.2) is 0 Å². The topological polar surface area (TPSA) is 121 Å². The molecule has 26 heavy (non-hydrogen) atoms. The van der Waals surface area contributed by atoms with Gasteiger partial charge in [0, 0.05) is 18.3 Å². The monoisotopic (exact) mass is 366 g/mol. The van der Waals surface area contributed by atoms with Crippen LogP contribution >= 0.6 is 11.3 Å². The molecule has 9 heteroatoms. The average Bonchev–Trinajstić information content (AvgIpc) is 3.30. The number of anilines is 1. The van der Waals surface area contributed by atoms with E-state index in [2.05, 4.69) is 9.97 Å². The first-order valence-corrected chi connectivity index (χ1v) is 8.93. The Morgan fingerprint density at radius 1 is 1.27 bits per heavy atom. The average molecular weight is 366 g/mol. The summed E-state index contributed by atoms with van der Waals surface area (Å²) in [5.41, 5.74) is 13.8. The van der Waals surface area contributed by atoms with Crippen LogP contribution in [-0.4, -0.2) is 25.4 Å². The Morgan fingerprint density at radius 3 is 2.85 bits per heavy atom. The number of carbonyl (C=O) groups is 1. The molecule has 0 unspecified atom stereocenters. The number of thiophene rings is 1. The summed E-state index contributed by atoms with van der Waals surface area (Å²) >= 11 is 1.19. The maximum absolute atomic E-state index is 11.2. The lowest BCUT2D eigenvalue weighted by Crippen LogP contribution is -2.16. The van der Waals surface area contributed by atoms with Crippen molar-refractivity contribution in [3.63, 3.8) is 0 Å². The lowest BCUT2D eigenvalue weighted by molar-refractivity contribution is 0.212. The van der Waals surface area contributed by atoms with Crippen molar-refractivity contribution in [2.45, 2.75) is 18.8 Å². The van der Waals surface area contributed by atoms with Gasteiger partial charge in [-0.15, -0.1) is 0 Å². The van der Waals surface area contributed by atoms with Crippen LogP contribution in [-0.2, 0) is 0 Å². The van der Waals surface area contributed by atoms with Gasteiger partial charge in [-0.3, -0.25) is 0 Å². The largest absolute Gasteiger partial charge is 0.410 e. The first-order valence-electron chi connectivity index (χ1n) is 8.11. The number of imidazole rings is 1. The molecule has 4 aromatic heterocycles. The van der Waals surface area contributed by atoms with Crippen LogP contribution in [0.4, 0.5) is 10.5 Å². The SMILES string of the molecule is NC(=O)Oc1sc2nc(C3CC3)nc(-c3cn4ccccc4n3)c2c1N. The van der Waals surface area contributed by atoms with Gasteiger partial charge in [0.1, 0.15) is 27.7 Å². The Labute approximate surface area is 151 Å². The molecule has 1 fully saturated rings. The van der Waals surface area contributed by atoms with Crippen LogP contribution in [0.25, 0.3) is 27.3 Å². The number of ether oxygens (including phenoxy) is 1. The van der Waals surface area contributed by atoms with Gasteiger partial charge < -0.3 is 20.6 Å². The Hall–Kier alpha value is -3.20. The Morgan fingerprint density at radius 2 is 2.12 bits per heavy atom. The lowest BCUT2D eigenvalue weighted by atomic mass is 10.2. The van der Waals surface area contributed by atoms with Gasteiger partial charge in [-0.2, -0.15) is 0 Å². The predicted octanol–water partition coefficient (Wildman–Crippen LogP) is 2.92. The molecule has 8 nitrogen and oxygen atoms in total. The number of nitrogens with two attached hydrogens (primary N) is 2. The summed E-state index contributed by atoms with van der Waals surface area (Å²) < 4.78 is 6.95. The molecule has 0 saturated heterocycles. The summed E-state index contributed by atoms with van der Waals surface area (Å²) in [5.74, 6) is 1.13. The molecule has 5 rings (SSSR count). The van der Waals surface area contributed by atoms with Crippen LogP contribution in [0.3, 0.4) is 0 Å². The van der Waals surface area contributed by atoms with Crippen LogP contribution in [0.1, 0.15) is 24.6 Å². The molecule has 1 saturated carbocycles. The minimum Gasteiger partial charge on any atom is -0.397 e. The maximum atomic E-state index is 11.2. The van der Waals surface area contributed by atoms with Crippen molar-refractivity contribution < 1.29 is 9.53 Å². The highest BCUT2D eigenvalue weighted by Gasteiger charge is 2.30. The zero-order valence-electron chi connectivity index (χ0n) is 13.5. The maximum Gasteiger partial charge on any atom is 0.410 e. The number of rotatable bonds is 3. The van der Waals surface area contributed by atoms with Crippen molar-refractivity contribution in [1.82, 2.24) is 19.4 Å². The summed E-state index contributed by atoms with van der Waals surface area (Å²) in [5, 5.41) is 0.874. The van der Waals surface area contributed by atoms with Crippen LogP contribution in [0.5, 0.6) is 5.06 Å². The molecule has 1 amide bonds. The molecule has 130 valence electrons. The summed E-state index contributed by atoms with van der Waals surface area (Å²) in [7, 11) is 0. The number of aromatic nitrogens is 4. The van der Waals surface area contributed by atoms with Gasteiger partial charge in [-0.1, -0.05) is 17.4 Å². The third-order valence-corrected chi connectivity index (χ3v) is 5.29. The number of nitrogens with zero attached hydrogens (tertiary/aromatic N) is 4. The fraction of sp³-hybridized carbons (Fsp3) is 0.176. The second-order valence-corrected chi connectivity index (χ2v) is 7.16. The van der Waals surface area contributed by atoms with E-state index in [1.165, 1.54) is 11.3 Å². The lowest BCUT2D eigenvalue weighted by Gasteiger charge is -2.04. The molecular weight excluding hydrogens is 352 g/mol. The van der Waals surface area contributed by atoms with Crippen molar-refractivity contribution in [3.8, 4) is 16.5 Å². The summed E-state index contributed by atoms with van der Waals surface area (Å²) in [4.78, 5) is 25.9. The van der Waals surface area contributed by atoms with Gasteiger partial charge in [-0.25, -0.2) is 19.7 Å². The molecule has 0 aromatic carbocycles. The van der Waals surface area contributed by atoms with E-state index < -0.39 is 6.09 Å². The first-order chi connectivity index (χ1) is 12.6. The molecule has 1 aliphatic carbocycles. The fourth-order valence-electron chi connectivity index (χ4n) is 2.94. The van der Waals surface area contributed by atoms with Crippen LogP contribution in [0.2, 0.25) is 0 Å². The zero-order chi connectivity index (χ0) is 17.8. The van der Waals surface area contributed by atoms with Crippen molar-refractivity contribution in [2.24, 2.45) is 5.73 Å². The fourth-order valence-corrected chi connectivity index (χ4v) is 3.90. The highest BCUT2D eigenvalue weighted by atomic mass is 32.1. The standard InChI is InChI=1S/C17H14N6O2S/c18-12-11-13(9-7-23-6-2-1-3-10(23)20-9)21-14(8-4-5-8)22-15(11)26-16(12)25-17(19)24/h1-3,6-8H,4-5,18H2,(H2,19,24). The van der Waals surface area contributed by atoms with Crippen LogP contribution in [0.15, 0.2) is 30.6 Å². The molecule has 0 bridgehead atoms. The van der Waals surface area contributed by atoms with Crippen LogP contribution < -0.4 is 16.2 Å². The quantitative estimate of drug-likeness (QED) is 0.575. The molecule has 0 spiro atoms. The number of nitrogen functional groups attached to an aromatic ring is 1. The van der Waals surface area contributed by atoms with Crippen LogP contribution in [0, 0.1) is 0 Å². The number of pyridine rings is 1. The Bertz CT molecular complexity index is 1140. The third-order valence-electron chi connectivity index (χ3n) is 4.31. The number of amides is 1. The zero-order valence-corrected chi connectivity index (χ0v) is 14.4. The van der Waals surface area contributed by atoms with E-state index in [1.54, 1.807) is 0 Å². The summed E-state index contributed by atoms with van der Waals surface area (Å²) in [6.07, 6.45) is 5.06. The number of primary amides is 1. The third kappa shape index (κ3) is 2.36. The molecule has 4 heterocycles. The number of fused-ring (bicyclic) bond motifs is 2. The number of carbonyl (C=O) groups excluding carboxylic acids is 1. The van der Waals surface area contributed by atoms with Crippen molar-refractivity contribution in [3.05, 3.63) is 36.4 Å². The number of hydrogen-bond acceptors (Lipinski definition) is 7. The summed E-state index contributed by atoms with van der Waals surface area (Å²) in [6, 6.07) is 5.78. The molecule has 4 aromatic rings. The molecular formula is C17H14N6O2S. The number of hydrogen-bond donors (Lipinski definition) is 2.